The number of nitrogens with zero attached hydrogens (tertiary/aromatic N) is 2. The predicted octanol–water partition coefficient (Wildman–Crippen LogP) is 2.69. The molecular formula is C15H22N2O. The molecule has 1 heterocycles. The van der Waals surface area contributed by atoms with Gasteiger partial charge in [-0.25, -0.2) is 0 Å². The van der Waals surface area contributed by atoms with E-state index in [1.807, 2.05) is 37.2 Å². The molecular weight excluding hydrogens is 224 g/mol. The third kappa shape index (κ3) is 2.66. The van der Waals surface area contributed by atoms with Crippen LogP contribution in [0.3, 0.4) is 0 Å². The minimum atomic E-state index is 0.183. The van der Waals surface area contributed by atoms with Crippen molar-refractivity contribution in [1.29, 1.82) is 0 Å². The van der Waals surface area contributed by atoms with Crippen LogP contribution in [0.2, 0.25) is 0 Å². The van der Waals surface area contributed by atoms with Crippen LogP contribution in [0.5, 0.6) is 0 Å². The highest BCUT2D eigenvalue weighted by Crippen LogP contribution is 2.21. The maximum absolute atomic E-state index is 12.3. The van der Waals surface area contributed by atoms with Crippen molar-refractivity contribution in [3.63, 3.8) is 0 Å². The van der Waals surface area contributed by atoms with Crippen LogP contribution in [-0.4, -0.2) is 38.0 Å². The predicted molar refractivity (Wildman–Crippen MR) is 75.3 cm³/mol. The van der Waals surface area contributed by atoms with Gasteiger partial charge in [0, 0.05) is 38.4 Å². The van der Waals surface area contributed by atoms with E-state index in [2.05, 4.69) is 11.8 Å². The number of likely N-dealkylation sites (tertiary alicyclic amines) is 1. The summed E-state index contributed by atoms with van der Waals surface area (Å²) in [7, 11) is 4.04. The van der Waals surface area contributed by atoms with E-state index in [0.29, 0.717) is 0 Å². The van der Waals surface area contributed by atoms with Crippen LogP contribution in [0.15, 0.2) is 18.2 Å². The molecule has 0 radical (unpaired) electrons. The molecule has 0 spiro atoms. The fourth-order valence-corrected chi connectivity index (χ4v) is 2.57. The maximum Gasteiger partial charge on any atom is 0.253 e. The van der Waals surface area contributed by atoms with Crippen molar-refractivity contribution in [3.8, 4) is 0 Å². The molecule has 1 amide bonds. The van der Waals surface area contributed by atoms with Gasteiger partial charge < -0.3 is 9.80 Å². The maximum atomic E-state index is 12.3. The van der Waals surface area contributed by atoms with Crippen molar-refractivity contribution in [2.75, 3.05) is 32.1 Å². The summed E-state index contributed by atoms with van der Waals surface area (Å²) < 4.78 is 0. The topological polar surface area (TPSA) is 23.6 Å². The number of piperidine rings is 1. The normalized spacial score (nSPS) is 15.6. The molecule has 0 saturated carbocycles. The second-order valence-corrected chi connectivity index (χ2v) is 5.25. The molecule has 0 aliphatic carbocycles. The smallest absolute Gasteiger partial charge is 0.253 e. The fraction of sp³-hybridized carbons (Fsp3) is 0.533. The van der Waals surface area contributed by atoms with Crippen molar-refractivity contribution >= 4 is 11.6 Å². The average Bonchev–Trinajstić information content (AvgIpc) is 2.38. The average molecular weight is 246 g/mol. The van der Waals surface area contributed by atoms with Crippen LogP contribution in [0.4, 0.5) is 5.69 Å². The summed E-state index contributed by atoms with van der Waals surface area (Å²) in [5, 5.41) is 0. The lowest BCUT2D eigenvalue weighted by atomic mass is 10.1. The van der Waals surface area contributed by atoms with E-state index in [1.165, 1.54) is 12.1 Å². The van der Waals surface area contributed by atoms with Gasteiger partial charge in [-0.3, -0.25) is 4.79 Å². The first kappa shape index (κ1) is 12.9. The van der Waals surface area contributed by atoms with Gasteiger partial charge in [0.2, 0.25) is 0 Å². The monoisotopic (exact) mass is 246 g/mol. The Morgan fingerprint density at radius 3 is 2.39 bits per heavy atom. The largest absolute Gasteiger partial charge is 0.377 e. The highest BCUT2D eigenvalue weighted by molar-refractivity contribution is 5.95. The molecule has 2 rings (SSSR count). The van der Waals surface area contributed by atoms with Crippen molar-refractivity contribution < 1.29 is 4.79 Å². The third-order valence-corrected chi connectivity index (χ3v) is 3.57. The lowest BCUT2D eigenvalue weighted by Gasteiger charge is -2.27. The fourth-order valence-electron chi connectivity index (χ4n) is 2.57. The highest BCUT2D eigenvalue weighted by atomic mass is 16.2. The van der Waals surface area contributed by atoms with Crippen LogP contribution < -0.4 is 4.90 Å². The Balaban J connectivity index is 2.18. The molecule has 1 aliphatic rings. The van der Waals surface area contributed by atoms with Crippen LogP contribution in [0, 0.1) is 6.92 Å². The van der Waals surface area contributed by atoms with Crippen LogP contribution in [0.25, 0.3) is 0 Å². The minimum Gasteiger partial charge on any atom is -0.377 e. The number of hydrogen-bond donors (Lipinski definition) is 0. The molecule has 1 saturated heterocycles. The van der Waals surface area contributed by atoms with E-state index in [4.69, 9.17) is 0 Å². The molecule has 3 heteroatoms. The Morgan fingerprint density at radius 2 is 1.83 bits per heavy atom. The highest BCUT2D eigenvalue weighted by Gasteiger charge is 2.18. The summed E-state index contributed by atoms with van der Waals surface area (Å²) >= 11 is 0. The van der Waals surface area contributed by atoms with Crippen LogP contribution in [-0.2, 0) is 0 Å². The molecule has 1 fully saturated rings. The quantitative estimate of drug-likeness (QED) is 0.801. The Bertz CT molecular complexity index is 434. The van der Waals surface area contributed by atoms with Crippen LogP contribution >= 0.6 is 0 Å². The Kier molecular flexibility index (Phi) is 3.90. The number of rotatable bonds is 2. The van der Waals surface area contributed by atoms with Crippen molar-refractivity contribution in [3.05, 3.63) is 29.3 Å². The number of hydrogen-bond acceptors (Lipinski definition) is 2. The molecule has 0 aromatic heterocycles. The van der Waals surface area contributed by atoms with Gasteiger partial charge in [0.15, 0.2) is 0 Å². The van der Waals surface area contributed by atoms with Gasteiger partial charge in [-0.2, -0.15) is 0 Å². The van der Waals surface area contributed by atoms with Gasteiger partial charge in [0.1, 0.15) is 0 Å². The SMILES string of the molecule is Cc1cc(C(=O)N2CCCCC2)ccc1N(C)C. The van der Waals surface area contributed by atoms with E-state index in [9.17, 15) is 4.79 Å². The minimum absolute atomic E-state index is 0.183. The van der Waals surface area contributed by atoms with E-state index in [0.717, 1.165) is 37.1 Å². The lowest BCUT2D eigenvalue weighted by Crippen LogP contribution is -2.35. The zero-order valence-corrected chi connectivity index (χ0v) is 11.6. The van der Waals surface area contributed by atoms with E-state index < -0.39 is 0 Å². The number of benzene rings is 1. The molecule has 0 N–H and O–H groups in total. The second-order valence-electron chi connectivity index (χ2n) is 5.25. The molecule has 18 heavy (non-hydrogen) atoms. The number of anilines is 1. The van der Waals surface area contributed by atoms with E-state index in [-0.39, 0.29) is 5.91 Å². The summed E-state index contributed by atoms with van der Waals surface area (Å²) in [6.45, 7) is 3.88. The van der Waals surface area contributed by atoms with Gasteiger partial charge in [0.25, 0.3) is 5.91 Å². The second kappa shape index (κ2) is 5.42. The third-order valence-electron chi connectivity index (χ3n) is 3.57. The van der Waals surface area contributed by atoms with Gasteiger partial charge >= 0.3 is 0 Å². The summed E-state index contributed by atoms with van der Waals surface area (Å²) in [6, 6.07) is 5.98. The van der Waals surface area contributed by atoms with Crippen molar-refractivity contribution in [1.82, 2.24) is 4.90 Å². The molecule has 0 unspecified atom stereocenters. The van der Waals surface area contributed by atoms with Crippen molar-refractivity contribution in [2.45, 2.75) is 26.2 Å². The lowest BCUT2D eigenvalue weighted by molar-refractivity contribution is 0.0724. The molecule has 1 aliphatic heterocycles. The Morgan fingerprint density at radius 1 is 1.17 bits per heavy atom. The van der Waals surface area contributed by atoms with Gasteiger partial charge in [-0.15, -0.1) is 0 Å². The molecule has 0 atom stereocenters. The number of amides is 1. The number of carbonyl (C=O) groups excluding carboxylic acids is 1. The number of aryl methyl sites for hydroxylation is 1. The first-order valence-electron chi connectivity index (χ1n) is 6.67. The summed E-state index contributed by atoms with van der Waals surface area (Å²) in [4.78, 5) is 16.4. The summed E-state index contributed by atoms with van der Waals surface area (Å²) in [5.74, 6) is 0.183. The molecule has 98 valence electrons. The van der Waals surface area contributed by atoms with E-state index in [1.54, 1.807) is 0 Å². The van der Waals surface area contributed by atoms with E-state index >= 15 is 0 Å². The van der Waals surface area contributed by atoms with Crippen LogP contribution in [0.1, 0.15) is 35.2 Å². The first-order valence-corrected chi connectivity index (χ1v) is 6.67. The Labute approximate surface area is 109 Å². The first-order chi connectivity index (χ1) is 8.59. The van der Waals surface area contributed by atoms with Crippen molar-refractivity contribution in [2.24, 2.45) is 0 Å². The zero-order chi connectivity index (χ0) is 13.1. The van der Waals surface area contributed by atoms with Gasteiger partial charge in [-0.05, 0) is 49.9 Å². The van der Waals surface area contributed by atoms with Gasteiger partial charge in [0.05, 0.1) is 0 Å². The summed E-state index contributed by atoms with van der Waals surface area (Å²) in [5.41, 5.74) is 3.15. The molecule has 3 nitrogen and oxygen atoms in total. The molecule has 1 aromatic rings. The molecule has 1 aromatic carbocycles. The number of carbonyl (C=O) groups is 1. The summed E-state index contributed by atoms with van der Waals surface area (Å²) in [6.07, 6.45) is 3.53. The molecule has 0 bridgehead atoms. The standard InChI is InChI=1S/C15H22N2O/c1-12-11-13(7-8-14(12)16(2)3)15(18)17-9-5-4-6-10-17/h7-8,11H,4-6,9-10H2,1-3H3. The Hall–Kier alpha value is -1.51. The van der Waals surface area contributed by atoms with Gasteiger partial charge in [-0.1, -0.05) is 0 Å². The zero-order valence-electron chi connectivity index (χ0n) is 11.6.